The van der Waals surface area contributed by atoms with E-state index in [0.717, 1.165) is 0 Å². The predicted molar refractivity (Wildman–Crippen MR) is 92.5 cm³/mol. The molecule has 120 valence electrons. The number of para-hydroxylation sites is 2. The second-order valence-electron chi connectivity index (χ2n) is 5.20. The number of primary amides is 1. The van der Waals surface area contributed by atoms with Crippen LogP contribution in [0.5, 0.6) is 0 Å². The number of carbonyl (C=O) groups excluding carboxylic acids is 1. The maximum atomic E-state index is 12.2. The van der Waals surface area contributed by atoms with E-state index in [0.29, 0.717) is 22.2 Å². The highest BCUT2D eigenvalue weighted by molar-refractivity contribution is 5.95. The van der Waals surface area contributed by atoms with Gasteiger partial charge in [-0.3, -0.25) is 9.59 Å². The summed E-state index contributed by atoms with van der Waals surface area (Å²) in [5.74, 6) is -0.579. The van der Waals surface area contributed by atoms with Gasteiger partial charge in [-0.15, -0.1) is 0 Å². The van der Waals surface area contributed by atoms with Crippen LogP contribution in [0.1, 0.15) is 21.6 Å². The van der Waals surface area contributed by atoms with Gasteiger partial charge in [-0.25, -0.2) is 4.98 Å². The molecule has 7 heteroatoms. The first-order valence-corrected chi connectivity index (χ1v) is 7.12. The number of nitrogens with zero attached hydrogens (tertiary/aromatic N) is 1. The van der Waals surface area contributed by atoms with Crippen molar-refractivity contribution < 1.29 is 4.79 Å². The molecular weight excluding hydrogens is 306 g/mol. The molecule has 0 aliphatic rings. The number of nitrogens with two attached hydrogens (primary N) is 3. The van der Waals surface area contributed by atoms with Crippen molar-refractivity contribution in [1.82, 2.24) is 9.97 Å². The molecule has 24 heavy (non-hydrogen) atoms. The second kappa shape index (κ2) is 5.88. The Morgan fingerprint density at radius 1 is 0.917 bits per heavy atom. The van der Waals surface area contributed by atoms with Crippen molar-refractivity contribution in [3.05, 3.63) is 75.7 Å². The largest absolute Gasteiger partial charge is 0.397 e. The molecule has 0 fully saturated rings. The standard InChI is InChI=1S/C17H15N5O2/c18-13(9-4-3-5-10(8-9)16(20)23)14(19)15-17(24)22-12-7-2-1-6-11(12)21-15/h1-8H,18-19H2,(H2,20,23)(H,22,24)/b14-13+. The van der Waals surface area contributed by atoms with E-state index in [1.807, 2.05) is 0 Å². The molecule has 1 heterocycles. The van der Waals surface area contributed by atoms with Crippen LogP contribution in [0.25, 0.3) is 22.4 Å². The van der Waals surface area contributed by atoms with Crippen LogP contribution in [-0.2, 0) is 0 Å². The molecule has 0 aliphatic carbocycles. The minimum Gasteiger partial charge on any atom is -0.397 e. The summed E-state index contributed by atoms with van der Waals surface area (Å²) < 4.78 is 0. The number of H-pyrrole nitrogens is 1. The van der Waals surface area contributed by atoms with Gasteiger partial charge in [0.15, 0.2) is 5.69 Å². The lowest BCUT2D eigenvalue weighted by molar-refractivity contribution is 0.100. The van der Waals surface area contributed by atoms with Crippen molar-refractivity contribution in [3.63, 3.8) is 0 Å². The van der Waals surface area contributed by atoms with Gasteiger partial charge >= 0.3 is 0 Å². The van der Waals surface area contributed by atoms with Crippen molar-refractivity contribution >= 4 is 28.3 Å². The van der Waals surface area contributed by atoms with Crippen molar-refractivity contribution in [2.75, 3.05) is 0 Å². The first kappa shape index (κ1) is 15.3. The molecule has 1 aromatic heterocycles. The van der Waals surface area contributed by atoms with Crippen LogP contribution in [-0.4, -0.2) is 15.9 Å². The van der Waals surface area contributed by atoms with Gasteiger partial charge in [0.25, 0.3) is 5.56 Å². The third-order valence-corrected chi connectivity index (χ3v) is 3.60. The number of aromatic nitrogens is 2. The van der Waals surface area contributed by atoms with E-state index in [9.17, 15) is 9.59 Å². The third kappa shape index (κ3) is 2.70. The number of rotatable bonds is 3. The fourth-order valence-electron chi connectivity index (χ4n) is 2.34. The molecule has 0 unspecified atom stereocenters. The molecule has 3 aromatic rings. The molecule has 0 radical (unpaired) electrons. The molecule has 0 aliphatic heterocycles. The summed E-state index contributed by atoms with van der Waals surface area (Å²) in [6.07, 6.45) is 0. The van der Waals surface area contributed by atoms with Gasteiger partial charge < -0.3 is 22.2 Å². The van der Waals surface area contributed by atoms with E-state index in [-0.39, 0.29) is 17.1 Å². The number of nitrogens with one attached hydrogen (secondary N) is 1. The summed E-state index contributed by atoms with van der Waals surface area (Å²) in [6.45, 7) is 0. The highest BCUT2D eigenvalue weighted by Gasteiger charge is 2.13. The van der Waals surface area contributed by atoms with Crippen LogP contribution < -0.4 is 22.8 Å². The lowest BCUT2D eigenvalue weighted by Crippen LogP contribution is -2.20. The van der Waals surface area contributed by atoms with Crippen molar-refractivity contribution in [2.45, 2.75) is 0 Å². The molecule has 7 nitrogen and oxygen atoms in total. The molecule has 0 spiro atoms. The minimum atomic E-state index is -0.579. The predicted octanol–water partition coefficient (Wildman–Crippen LogP) is 0.765. The molecule has 7 N–H and O–H groups in total. The summed E-state index contributed by atoms with van der Waals surface area (Å²) in [6, 6.07) is 13.5. The number of hydrogen-bond donors (Lipinski definition) is 4. The zero-order valence-electron chi connectivity index (χ0n) is 12.6. The van der Waals surface area contributed by atoms with Crippen LogP contribution in [0.2, 0.25) is 0 Å². The average Bonchev–Trinajstić information content (AvgIpc) is 2.60. The number of aromatic amines is 1. The number of amides is 1. The Balaban J connectivity index is 2.16. The van der Waals surface area contributed by atoms with E-state index in [2.05, 4.69) is 9.97 Å². The van der Waals surface area contributed by atoms with E-state index in [1.54, 1.807) is 42.5 Å². The van der Waals surface area contributed by atoms with E-state index in [4.69, 9.17) is 17.2 Å². The summed E-state index contributed by atoms with van der Waals surface area (Å²) in [4.78, 5) is 30.5. The Kier molecular flexibility index (Phi) is 3.75. The van der Waals surface area contributed by atoms with Crippen LogP contribution in [0, 0.1) is 0 Å². The molecule has 2 aromatic carbocycles. The van der Waals surface area contributed by atoms with E-state index < -0.39 is 11.5 Å². The molecular formula is C17H15N5O2. The Morgan fingerprint density at radius 3 is 2.38 bits per heavy atom. The van der Waals surface area contributed by atoms with E-state index in [1.165, 1.54) is 6.07 Å². The van der Waals surface area contributed by atoms with Gasteiger partial charge in [0, 0.05) is 11.1 Å². The zero-order chi connectivity index (χ0) is 17.3. The summed E-state index contributed by atoms with van der Waals surface area (Å²) in [5, 5.41) is 0. The van der Waals surface area contributed by atoms with Gasteiger partial charge in [-0.1, -0.05) is 24.3 Å². The number of hydrogen-bond acceptors (Lipinski definition) is 5. The Morgan fingerprint density at radius 2 is 1.62 bits per heavy atom. The normalized spacial score (nSPS) is 12.0. The van der Waals surface area contributed by atoms with Crippen LogP contribution >= 0.6 is 0 Å². The summed E-state index contributed by atoms with van der Waals surface area (Å²) in [7, 11) is 0. The molecule has 0 saturated carbocycles. The lowest BCUT2D eigenvalue weighted by atomic mass is 10.1. The third-order valence-electron chi connectivity index (χ3n) is 3.60. The zero-order valence-corrected chi connectivity index (χ0v) is 12.6. The molecule has 0 atom stereocenters. The van der Waals surface area contributed by atoms with Gasteiger partial charge in [0.1, 0.15) is 0 Å². The number of fused-ring (bicyclic) bond motifs is 1. The quantitative estimate of drug-likeness (QED) is 0.563. The summed E-state index contributed by atoms with van der Waals surface area (Å²) >= 11 is 0. The highest BCUT2D eigenvalue weighted by Crippen LogP contribution is 2.18. The van der Waals surface area contributed by atoms with Crippen molar-refractivity contribution in [2.24, 2.45) is 17.2 Å². The topological polar surface area (TPSA) is 141 Å². The van der Waals surface area contributed by atoms with Crippen molar-refractivity contribution in [1.29, 1.82) is 0 Å². The second-order valence-corrected chi connectivity index (χ2v) is 5.20. The SMILES string of the molecule is NC(=O)c1cccc(/C(N)=C(\N)c2nc3ccccc3[nH]c2=O)c1. The van der Waals surface area contributed by atoms with Crippen molar-refractivity contribution in [3.8, 4) is 0 Å². The fraction of sp³-hybridized carbons (Fsp3) is 0. The first-order valence-electron chi connectivity index (χ1n) is 7.12. The molecule has 0 bridgehead atoms. The Labute approximate surface area is 136 Å². The van der Waals surface area contributed by atoms with Gasteiger partial charge in [-0.05, 0) is 24.3 Å². The van der Waals surface area contributed by atoms with Crippen LogP contribution in [0.15, 0.2) is 53.3 Å². The van der Waals surface area contributed by atoms with Gasteiger partial charge in [0.2, 0.25) is 5.91 Å². The minimum absolute atomic E-state index is 0.0238. The number of benzene rings is 2. The average molecular weight is 321 g/mol. The van der Waals surface area contributed by atoms with Crippen LogP contribution in [0.4, 0.5) is 0 Å². The highest BCUT2D eigenvalue weighted by atomic mass is 16.1. The van der Waals surface area contributed by atoms with Gasteiger partial charge in [0.05, 0.1) is 22.4 Å². The Hall–Kier alpha value is -3.61. The Bertz CT molecular complexity index is 1040. The fourth-order valence-corrected chi connectivity index (χ4v) is 2.34. The maximum Gasteiger partial charge on any atom is 0.276 e. The number of carbonyl (C=O) groups is 1. The first-order chi connectivity index (χ1) is 11.5. The maximum absolute atomic E-state index is 12.2. The monoisotopic (exact) mass is 321 g/mol. The molecule has 3 rings (SSSR count). The lowest BCUT2D eigenvalue weighted by Gasteiger charge is -2.09. The molecule has 0 saturated heterocycles. The van der Waals surface area contributed by atoms with Crippen LogP contribution in [0.3, 0.4) is 0 Å². The summed E-state index contributed by atoms with van der Waals surface area (Å²) in [5.41, 5.74) is 19.1. The van der Waals surface area contributed by atoms with E-state index >= 15 is 0 Å². The molecule has 1 amide bonds. The van der Waals surface area contributed by atoms with Gasteiger partial charge in [-0.2, -0.15) is 0 Å². The smallest absolute Gasteiger partial charge is 0.276 e.